The van der Waals surface area contributed by atoms with E-state index in [9.17, 15) is 0 Å². The number of hydrogen-bond acceptors (Lipinski definition) is 1. The largest absolute Gasteiger partial charge is 0.334 e. The molecule has 0 saturated carbocycles. The van der Waals surface area contributed by atoms with Gasteiger partial charge < -0.3 is 4.57 Å². The first-order chi connectivity index (χ1) is 8.36. The number of aryl methyl sites for hydroxylation is 1. The molecule has 0 fully saturated rings. The number of rotatable bonds is 5. The number of imidazole rings is 1. The van der Waals surface area contributed by atoms with Gasteiger partial charge in [0.1, 0.15) is 0 Å². The van der Waals surface area contributed by atoms with Crippen molar-refractivity contribution in [2.75, 3.05) is 5.88 Å². The highest BCUT2D eigenvalue weighted by atomic mass is 35.5. The van der Waals surface area contributed by atoms with Gasteiger partial charge in [0.15, 0.2) is 0 Å². The molecule has 0 radical (unpaired) electrons. The third kappa shape index (κ3) is 2.70. The Kier molecular flexibility index (Phi) is 4.21. The third-order valence-electron chi connectivity index (χ3n) is 2.86. The van der Waals surface area contributed by atoms with Crippen LogP contribution >= 0.6 is 11.6 Å². The Labute approximate surface area is 107 Å². The first-order valence-electron chi connectivity index (χ1n) is 6.02. The molecule has 2 nitrogen and oxygen atoms in total. The summed E-state index contributed by atoms with van der Waals surface area (Å²) in [4.78, 5) is 4.53. The summed E-state index contributed by atoms with van der Waals surface area (Å²) >= 11 is 5.74. The first-order valence-corrected chi connectivity index (χ1v) is 6.55. The van der Waals surface area contributed by atoms with E-state index in [4.69, 9.17) is 11.6 Å². The minimum Gasteiger partial charge on any atom is -0.334 e. The Balaban J connectivity index is 2.32. The van der Waals surface area contributed by atoms with Gasteiger partial charge >= 0.3 is 0 Å². The van der Waals surface area contributed by atoms with Crippen LogP contribution in [-0.4, -0.2) is 15.4 Å². The van der Waals surface area contributed by atoms with E-state index in [-0.39, 0.29) is 0 Å². The van der Waals surface area contributed by atoms with Gasteiger partial charge in [-0.1, -0.05) is 37.3 Å². The van der Waals surface area contributed by atoms with Crippen molar-refractivity contribution < 1.29 is 0 Å². The van der Waals surface area contributed by atoms with E-state index in [0.29, 0.717) is 5.88 Å². The van der Waals surface area contributed by atoms with Gasteiger partial charge in [-0.2, -0.15) is 0 Å². The molecule has 0 atom stereocenters. The molecule has 3 heteroatoms. The molecular formula is C14H17ClN2. The van der Waals surface area contributed by atoms with Gasteiger partial charge in [-0.15, -0.1) is 11.6 Å². The summed E-state index contributed by atoms with van der Waals surface area (Å²) in [5, 5.41) is 0. The molecule has 0 N–H and O–H groups in total. The molecule has 0 amide bonds. The molecule has 0 aliphatic carbocycles. The lowest BCUT2D eigenvalue weighted by Crippen LogP contribution is -2.02. The number of halogens is 1. The van der Waals surface area contributed by atoms with E-state index in [2.05, 4.69) is 28.6 Å². The Morgan fingerprint density at radius 3 is 2.65 bits per heavy atom. The quantitative estimate of drug-likeness (QED) is 0.737. The van der Waals surface area contributed by atoms with Gasteiger partial charge in [0.25, 0.3) is 0 Å². The van der Waals surface area contributed by atoms with Crippen LogP contribution in [0, 0.1) is 0 Å². The van der Waals surface area contributed by atoms with Crippen LogP contribution in [0.25, 0.3) is 11.3 Å². The molecular weight excluding hydrogens is 232 g/mol. The summed E-state index contributed by atoms with van der Waals surface area (Å²) in [6.07, 6.45) is 3.90. The summed E-state index contributed by atoms with van der Waals surface area (Å²) in [5.41, 5.74) is 3.58. The van der Waals surface area contributed by atoms with Crippen molar-refractivity contribution in [3.63, 3.8) is 0 Å². The van der Waals surface area contributed by atoms with E-state index in [1.54, 1.807) is 0 Å². The zero-order valence-corrected chi connectivity index (χ0v) is 10.8. The fourth-order valence-electron chi connectivity index (χ4n) is 2.04. The Bertz CT molecular complexity index is 462. The number of benzene rings is 1. The van der Waals surface area contributed by atoms with E-state index in [1.165, 1.54) is 11.3 Å². The van der Waals surface area contributed by atoms with Crippen molar-refractivity contribution in [2.45, 2.75) is 26.3 Å². The average Bonchev–Trinajstić information content (AvgIpc) is 2.80. The van der Waals surface area contributed by atoms with Crippen LogP contribution in [0.4, 0.5) is 0 Å². The molecule has 0 bridgehead atoms. The molecule has 90 valence electrons. The number of nitrogens with zero attached hydrogens (tertiary/aromatic N) is 2. The van der Waals surface area contributed by atoms with E-state index in [0.717, 1.165) is 25.1 Å². The van der Waals surface area contributed by atoms with Crippen LogP contribution in [0.5, 0.6) is 0 Å². The summed E-state index contributed by atoms with van der Waals surface area (Å²) in [6.45, 7) is 3.12. The molecule has 1 aromatic heterocycles. The molecule has 0 unspecified atom stereocenters. The molecule has 0 aliphatic heterocycles. The van der Waals surface area contributed by atoms with Gasteiger partial charge in [0.2, 0.25) is 0 Å². The van der Waals surface area contributed by atoms with E-state index in [1.807, 2.05) is 24.5 Å². The van der Waals surface area contributed by atoms with Crippen LogP contribution < -0.4 is 0 Å². The van der Waals surface area contributed by atoms with Gasteiger partial charge in [-0.25, -0.2) is 4.98 Å². The van der Waals surface area contributed by atoms with Gasteiger partial charge in [-0.05, 0) is 12.8 Å². The summed E-state index contributed by atoms with van der Waals surface area (Å²) in [7, 11) is 0. The Morgan fingerprint density at radius 1 is 1.24 bits per heavy atom. The predicted octanol–water partition coefficient (Wildman–Crippen LogP) is 3.74. The van der Waals surface area contributed by atoms with Crippen LogP contribution in [0.2, 0.25) is 0 Å². The maximum Gasteiger partial charge on any atom is 0.0956 e. The van der Waals surface area contributed by atoms with Gasteiger partial charge in [0, 0.05) is 23.7 Å². The summed E-state index contributed by atoms with van der Waals surface area (Å²) in [5.74, 6) is 0.696. The molecule has 1 aromatic carbocycles. The predicted molar refractivity (Wildman–Crippen MR) is 72.4 cm³/mol. The van der Waals surface area contributed by atoms with Crippen LogP contribution in [-0.2, 0) is 13.0 Å². The standard InChI is InChI=1S/C14H17ClN2/c1-2-13-14(12-7-4-3-5-8-12)16-11-17(13)10-6-9-15/h3-5,7-8,11H,2,6,9-10H2,1H3. The highest BCUT2D eigenvalue weighted by Gasteiger charge is 2.10. The monoisotopic (exact) mass is 248 g/mol. The highest BCUT2D eigenvalue weighted by Crippen LogP contribution is 2.22. The van der Waals surface area contributed by atoms with Crippen molar-refractivity contribution in [1.29, 1.82) is 0 Å². The van der Waals surface area contributed by atoms with Crippen LogP contribution in [0.15, 0.2) is 36.7 Å². The second kappa shape index (κ2) is 5.87. The molecule has 0 saturated heterocycles. The maximum atomic E-state index is 5.74. The molecule has 0 spiro atoms. The van der Waals surface area contributed by atoms with Crippen molar-refractivity contribution in [3.05, 3.63) is 42.4 Å². The second-order valence-electron chi connectivity index (χ2n) is 4.00. The van der Waals surface area contributed by atoms with Crippen molar-refractivity contribution in [2.24, 2.45) is 0 Å². The lowest BCUT2D eigenvalue weighted by Gasteiger charge is -2.07. The second-order valence-corrected chi connectivity index (χ2v) is 4.37. The van der Waals surface area contributed by atoms with Crippen molar-refractivity contribution in [3.8, 4) is 11.3 Å². The number of alkyl halides is 1. The lowest BCUT2D eigenvalue weighted by molar-refractivity contribution is 0.653. The van der Waals surface area contributed by atoms with Crippen LogP contribution in [0.1, 0.15) is 19.0 Å². The molecule has 2 aromatic rings. The van der Waals surface area contributed by atoms with Crippen molar-refractivity contribution >= 4 is 11.6 Å². The van der Waals surface area contributed by atoms with Crippen LogP contribution in [0.3, 0.4) is 0 Å². The molecule has 1 heterocycles. The average molecular weight is 249 g/mol. The Morgan fingerprint density at radius 2 is 2.00 bits per heavy atom. The summed E-state index contributed by atoms with van der Waals surface area (Å²) in [6, 6.07) is 10.3. The first kappa shape index (κ1) is 12.2. The topological polar surface area (TPSA) is 17.8 Å². The molecule has 2 rings (SSSR count). The maximum absolute atomic E-state index is 5.74. The zero-order chi connectivity index (χ0) is 12.1. The zero-order valence-electron chi connectivity index (χ0n) is 10.1. The highest BCUT2D eigenvalue weighted by molar-refractivity contribution is 6.17. The number of aromatic nitrogens is 2. The third-order valence-corrected chi connectivity index (χ3v) is 3.13. The molecule has 17 heavy (non-hydrogen) atoms. The Hall–Kier alpha value is -1.28. The fraction of sp³-hybridized carbons (Fsp3) is 0.357. The lowest BCUT2D eigenvalue weighted by atomic mass is 10.1. The van der Waals surface area contributed by atoms with Gasteiger partial charge in [0.05, 0.1) is 12.0 Å². The van der Waals surface area contributed by atoms with Gasteiger partial charge in [-0.3, -0.25) is 0 Å². The number of hydrogen-bond donors (Lipinski definition) is 0. The normalized spacial score (nSPS) is 10.7. The molecule has 0 aliphatic rings. The minimum atomic E-state index is 0.696. The SMILES string of the molecule is CCc1c(-c2ccccc2)ncn1CCCCl. The van der Waals surface area contributed by atoms with E-state index >= 15 is 0 Å². The minimum absolute atomic E-state index is 0.696. The summed E-state index contributed by atoms with van der Waals surface area (Å²) < 4.78 is 2.21. The van der Waals surface area contributed by atoms with E-state index < -0.39 is 0 Å². The van der Waals surface area contributed by atoms with Crippen molar-refractivity contribution in [1.82, 2.24) is 9.55 Å². The fourth-order valence-corrected chi connectivity index (χ4v) is 2.16. The smallest absolute Gasteiger partial charge is 0.0956 e.